The lowest BCUT2D eigenvalue weighted by Gasteiger charge is -2.11. The first-order valence-electron chi connectivity index (χ1n) is 8.50. The number of hydrogen-bond donors (Lipinski definition) is 3. The number of amides is 2. The fourth-order valence-electron chi connectivity index (χ4n) is 2.53. The molecule has 0 fully saturated rings. The summed E-state index contributed by atoms with van der Waals surface area (Å²) in [7, 11) is 1.53. The molecule has 1 heterocycles. The van der Waals surface area contributed by atoms with Gasteiger partial charge in [0.25, 0.3) is 0 Å². The maximum Gasteiger partial charge on any atom is 0.573 e. The van der Waals surface area contributed by atoms with Crippen LogP contribution < -0.4 is 20.7 Å². The van der Waals surface area contributed by atoms with Crippen LogP contribution in [-0.4, -0.2) is 24.4 Å². The van der Waals surface area contributed by atoms with Crippen molar-refractivity contribution >= 4 is 23.2 Å². The normalized spacial score (nSPS) is 10.9. The van der Waals surface area contributed by atoms with Gasteiger partial charge in [0.2, 0.25) is 0 Å². The zero-order valence-electron chi connectivity index (χ0n) is 15.2. The van der Waals surface area contributed by atoms with Gasteiger partial charge in [-0.25, -0.2) is 9.78 Å². The Morgan fingerprint density at radius 2 is 1.72 bits per heavy atom. The molecular formula is C20H17F3N4O2. The molecule has 29 heavy (non-hydrogen) atoms. The third-order valence-corrected chi connectivity index (χ3v) is 3.78. The van der Waals surface area contributed by atoms with Crippen LogP contribution in [0, 0.1) is 0 Å². The van der Waals surface area contributed by atoms with Gasteiger partial charge in [0.05, 0.1) is 0 Å². The van der Waals surface area contributed by atoms with Gasteiger partial charge in [-0.2, -0.15) is 0 Å². The average Bonchev–Trinajstić information content (AvgIpc) is 2.67. The van der Waals surface area contributed by atoms with Crippen LogP contribution in [0.15, 0.2) is 66.9 Å². The number of nitrogens with zero attached hydrogens (tertiary/aromatic N) is 1. The van der Waals surface area contributed by atoms with Gasteiger partial charge in [-0.3, -0.25) is 0 Å². The number of carbonyl (C=O) groups excluding carboxylic acids is 1. The Hall–Kier alpha value is -3.75. The molecule has 0 atom stereocenters. The van der Waals surface area contributed by atoms with Gasteiger partial charge in [0, 0.05) is 36.2 Å². The highest BCUT2D eigenvalue weighted by molar-refractivity contribution is 5.89. The van der Waals surface area contributed by atoms with E-state index < -0.39 is 6.36 Å². The molecule has 0 saturated carbocycles. The molecule has 0 unspecified atom stereocenters. The highest BCUT2D eigenvalue weighted by Crippen LogP contribution is 2.27. The van der Waals surface area contributed by atoms with Crippen LogP contribution in [0.4, 0.5) is 35.2 Å². The second kappa shape index (κ2) is 8.51. The number of aromatic nitrogens is 1. The van der Waals surface area contributed by atoms with Crippen LogP contribution in [0.5, 0.6) is 5.75 Å². The predicted octanol–water partition coefficient (Wildman–Crippen LogP) is 5.14. The van der Waals surface area contributed by atoms with Crippen LogP contribution in [0.3, 0.4) is 0 Å². The molecule has 2 aromatic carbocycles. The molecule has 0 aliphatic rings. The summed E-state index contributed by atoms with van der Waals surface area (Å²) in [6.45, 7) is 0. The van der Waals surface area contributed by atoms with E-state index in [4.69, 9.17) is 0 Å². The summed E-state index contributed by atoms with van der Waals surface area (Å²) < 4.78 is 40.9. The van der Waals surface area contributed by atoms with Crippen molar-refractivity contribution in [1.29, 1.82) is 0 Å². The minimum absolute atomic E-state index is 0.320. The van der Waals surface area contributed by atoms with E-state index in [1.54, 1.807) is 36.5 Å². The van der Waals surface area contributed by atoms with Gasteiger partial charge in [0.15, 0.2) is 0 Å². The summed E-state index contributed by atoms with van der Waals surface area (Å²) in [6, 6.07) is 15.9. The van der Waals surface area contributed by atoms with Crippen molar-refractivity contribution in [2.24, 2.45) is 0 Å². The molecule has 0 spiro atoms. The molecule has 6 nitrogen and oxygen atoms in total. The fraction of sp³-hybridized carbons (Fsp3) is 0.100. The van der Waals surface area contributed by atoms with Gasteiger partial charge >= 0.3 is 12.4 Å². The van der Waals surface area contributed by atoms with Crippen molar-refractivity contribution in [2.45, 2.75) is 6.36 Å². The quantitative estimate of drug-likeness (QED) is 0.552. The van der Waals surface area contributed by atoms with Crippen molar-refractivity contribution in [3.05, 3.63) is 66.9 Å². The number of halogens is 3. The van der Waals surface area contributed by atoms with Gasteiger partial charge < -0.3 is 20.7 Å². The Kier molecular flexibility index (Phi) is 5.87. The molecular weight excluding hydrogens is 385 g/mol. The molecule has 9 heteroatoms. The molecule has 3 aromatic rings. The molecule has 0 bridgehead atoms. The molecule has 2 amide bonds. The average molecular weight is 402 g/mol. The van der Waals surface area contributed by atoms with E-state index in [1.807, 2.05) is 12.1 Å². The van der Waals surface area contributed by atoms with Gasteiger partial charge in [0.1, 0.15) is 11.6 Å². The lowest BCUT2D eigenvalue weighted by Crippen LogP contribution is -2.24. The van der Waals surface area contributed by atoms with Crippen LogP contribution in [0.1, 0.15) is 0 Å². The van der Waals surface area contributed by atoms with Gasteiger partial charge in [-0.15, -0.1) is 13.2 Å². The number of benzene rings is 2. The number of pyridine rings is 1. The topological polar surface area (TPSA) is 75.3 Å². The molecule has 3 N–H and O–H groups in total. The zero-order valence-corrected chi connectivity index (χ0v) is 15.2. The number of urea groups is 1. The molecule has 0 aliphatic carbocycles. The van der Waals surface area contributed by atoms with Crippen molar-refractivity contribution in [1.82, 2.24) is 10.3 Å². The van der Waals surface area contributed by atoms with Crippen molar-refractivity contribution in [3.8, 4) is 16.9 Å². The lowest BCUT2D eigenvalue weighted by atomic mass is 10.1. The number of anilines is 3. The fourth-order valence-corrected chi connectivity index (χ4v) is 2.53. The van der Waals surface area contributed by atoms with E-state index in [2.05, 4.69) is 25.7 Å². The summed E-state index contributed by atoms with van der Waals surface area (Å²) in [6.07, 6.45) is -3.13. The Morgan fingerprint density at radius 3 is 2.41 bits per heavy atom. The summed E-state index contributed by atoms with van der Waals surface area (Å²) in [5.74, 6) is 0.136. The monoisotopic (exact) mass is 402 g/mol. The molecule has 0 saturated heterocycles. The molecule has 0 aliphatic heterocycles. The number of ether oxygens (including phenoxy) is 1. The second-order valence-electron chi connectivity index (χ2n) is 5.92. The van der Waals surface area contributed by atoms with Gasteiger partial charge in [-0.1, -0.05) is 18.2 Å². The number of nitrogens with one attached hydrogen (secondary N) is 3. The molecule has 1 aromatic heterocycles. The maximum atomic E-state index is 12.3. The Balaban J connectivity index is 1.72. The first-order valence-corrected chi connectivity index (χ1v) is 8.50. The predicted molar refractivity (Wildman–Crippen MR) is 104 cm³/mol. The third-order valence-electron chi connectivity index (χ3n) is 3.78. The summed E-state index contributed by atoms with van der Waals surface area (Å²) in [5, 5.41) is 8.10. The number of hydrogen-bond acceptors (Lipinski definition) is 4. The van der Waals surface area contributed by atoms with Crippen LogP contribution >= 0.6 is 0 Å². The highest BCUT2D eigenvalue weighted by atomic mass is 19.4. The molecule has 0 radical (unpaired) electrons. The Labute approximate surface area is 164 Å². The minimum Gasteiger partial charge on any atom is -0.406 e. The minimum atomic E-state index is -4.75. The Morgan fingerprint density at radius 1 is 0.966 bits per heavy atom. The first kappa shape index (κ1) is 20.0. The lowest BCUT2D eigenvalue weighted by molar-refractivity contribution is -0.274. The molecule has 150 valence electrons. The van der Waals surface area contributed by atoms with Crippen molar-refractivity contribution < 1.29 is 22.7 Å². The van der Waals surface area contributed by atoms with Crippen LogP contribution in [0.25, 0.3) is 11.1 Å². The second-order valence-corrected chi connectivity index (χ2v) is 5.92. The summed E-state index contributed by atoms with van der Waals surface area (Å²) >= 11 is 0. The maximum absolute atomic E-state index is 12.3. The van der Waals surface area contributed by atoms with Gasteiger partial charge in [-0.05, 0) is 42.0 Å². The first-order chi connectivity index (χ1) is 13.8. The van der Waals surface area contributed by atoms with E-state index in [-0.39, 0.29) is 11.8 Å². The van der Waals surface area contributed by atoms with E-state index in [0.717, 1.165) is 11.1 Å². The SMILES string of the molecule is CNC(=O)Nc1cccc(-c2ccc(Nc3cccc(OC(F)(F)F)c3)nc2)c1. The van der Waals surface area contributed by atoms with Crippen molar-refractivity contribution in [3.63, 3.8) is 0 Å². The van der Waals surface area contributed by atoms with E-state index in [9.17, 15) is 18.0 Å². The van der Waals surface area contributed by atoms with E-state index in [1.165, 1.54) is 25.2 Å². The smallest absolute Gasteiger partial charge is 0.406 e. The zero-order chi connectivity index (χ0) is 20.9. The highest BCUT2D eigenvalue weighted by Gasteiger charge is 2.31. The molecule has 3 rings (SSSR count). The standard InChI is InChI=1S/C20H17F3N4O2/c1-24-19(28)27-15-5-2-4-13(10-15)14-8-9-18(25-12-14)26-16-6-3-7-17(11-16)29-20(21,22)23/h2-12H,1H3,(H,25,26)(H2,24,27,28). The number of alkyl halides is 3. The van der Waals surface area contributed by atoms with Crippen molar-refractivity contribution in [2.75, 3.05) is 17.7 Å². The summed E-state index contributed by atoms with van der Waals surface area (Å²) in [5.41, 5.74) is 2.69. The summed E-state index contributed by atoms with van der Waals surface area (Å²) in [4.78, 5) is 15.7. The van der Waals surface area contributed by atoms with Crippen LogP contribution in [0.2, 0.25) is 0 Å². The Bertz CT molecular complexity index is 992. The van der Waals surface area contributed by atoms with Crippen LogP contribution in [-0.2, 0) is 0 Å². The number of rotatable bonds is 5. The largest absolute Gasteiger partial charge is 0.573 e. The third kappa shape index (κ3) is 5.86. The van der Waals surface area contributed by atoms with E-state index in [0.29, 0.717) is 17.2 Å². The van der Waals surface area contributed by atoms with E-state index >= 15 is 0 Å². The number of carbonyl (C=O) groups is 1.